The minimum absolute atomic E-state index is 0.0717. The maximum atomic E-state index is 12.5. The van der Waals surface area contributed by atoms with Crippen molar-refractivity contribution in [3.05, 3.63) is 11.4 Å². The Kier molecular flexibility index (Phi) is 4.46. The second-order valence-electron chi connectivity index (χ2n) is 5.58. The molecule has 18 heavy (non-hydrogen) atoms. The lowest BCUT2D eigenvalue weighted by Crippen LogP contribution is -2.35. The highest BCUT2D eigenvalue weighted by atomic mass is 35.5. The van der Waals surface area contributed by atoms with Gasteiger partial charge in [-0.05, 0) is 12.3 Å². The van der Waals surface area contributed by atoms with Gasteiger partial charge in [-0.15, -0.1) is 11.6 Å². The third-order valence-electron chi connectivity index (χ3n) is 2.45. The summed E-state index contributed by atoms with van der Waals surface area (Å²) in [5.74, 6) is 0.0717. The molecule has 1 N–H and O–H groups in total. The highest BCUT2D eigenvalue weighted by Crippen LogP contribution is 2.25. The fourth-order valence-electron chi connectivity index (χ4n) is 1.81. The van der Waals surface area contributed by atoms with Crippen LogP contribution >= 0.6 is 11.6 Å². The lowest BCUT2D eigenvalue weighted by Gasteiger charge is -2.26. The molecule has 0 aromatic carbocycles. The Hall–Kier alpha value is -0.590. The molecular formula is C11H20ClN3O2S. The molecule has 104 valence electrons. The summed E-state index contributed by atoms with van der Waals surface area (Å²) in [5.41, 5.74) is 0.780. The second-order valence-corrected chi connectivity index (χ2v) is 7.83. The van der Waals surface area contributed by atoms with Crippen LogP contribution in [-0.4, -0.2) is 36.5 Å². The minimum atomic E-state index is -3.55. The number of aromatic amines is 1. The number of nitrogens with one attached hydrogen (secondary N) is 1. The number of nitrogens with zero attached hydrogens (tertiary/aromatic N) is 2. The number of halogens is 1. The third kappa shape index (κ3) is 3.24. The monoisotopic (exact) mass is 293 g/mol. The van der Waals surface area contributed by atoms with Crippen molar-refractivity contribution in [2.24, 2.45) is 5.41 Å². The van der Waals surface area contributed by atoms with E-state index in [1.54, 1.807) is 14.0 Å². The molecular weight excluding hydrogens is 274 g/mol. The Morgan fingerprint density at radius 1 is 1.39 bits per heavy atom. The molecule has 0 aliphatic heterocycles. The second kappa shape index (κ2) is 5.19. The standard InChI is InChI=1S/C11H20ClN3O2S/c1-8-10(9(6-12)14-13-8)18(16,17)15(5)7-11(2,3)4/h6-7H2,1-5H3,(H,13,14). The van der Waals surface area contributed by atoms with Crippen molar-refractivity contribution in [1.29, 1.82) is 0 Å². The van der Waals surface area contributed by atoms with Crippen LogP contribution in [0.2, 0.25) is 0 Å². The van der Waals surface area contributed by atoms with Crippen molar-refractivity contribution in [2.45, 2.75) is 38.5 Å². The molecule has 1 aromatic heterocycles. The molecule has 0 bridgehead atoms. The maximum Gasteiger partial charge on any atom is 0.246 e. The fourth-order valence-corrected chi connectivity index (χ4v) is 3.80. The number of aryl methyl sites for hydroxylation is 1. The molecule has 0 saturated heterocycles. The Labute approximate surface area is 114 Å². The maximum absolute atomic E-state index is 12.5. The fraction of sp³-hybridized carbons (Fsp3) is 0.727. The molecule has 0 unspecified atom stereocenters. The van der Waals surface area contributed by atoms with E-state index < -0.39 is 10.0 Å². The Bertz CT molecular complexity index is 517. The van der Waals surface area contributed by atoms with Gasteiger partial charge in [0.2, 0.25) is 10.0 Å². The summed E-state index contributed by atoms with van der Waals surface area (Å²) in [6, 6.07) is 0. The van der Waals surface area contributed by atoms with Crippen molar-refractivity contribution in [1.82, 2.24) is 14.5 Å². The first-order valence-electron chi connectivity index (χ1n) is 5.66. The highest BCUT2D eigenvalue weighted by Gasteiger charge is 2.30. The van der Waals surface area contributed by atoms with Gasteiger partial charge in [-0.1, -0.05) is 20.8 Å². The molecule has 7 heteroatoms. The predicted molar refractivity (Wildman–Crippen MR) is 72.2 cm³/mol. The van der Waals surface area contributed by atoms with Crippen LogP contribution in [0.3, 0.4) is 0 Å². The van der Waals surface area contributed by atoms with Crippen LogP contribution in [0.15, 0.2) is 4.90 Å². The molecule has 1 aromatic rings. The van der Waals surface area contributed by atoms with Crippen molar-refractivity contribution in [2.75, 3.05) is 13.6 Å². The summed E-state index contributed by atoms with van der Waals surface area (Å²) in [6.07, 6.45) is 0. The van der Waals surface area contributed by atoms with E-state index in [9.17, 15) is 8.42 Å². The number of hydrogen-bond acceptors (Lipinski definition) is 3. The summed E-state index contributed by atoms with van der Waals surface area (Å²) in [4.78, 5) is 0.198. The average molecular weight is 294 g/mol. The van der Waals surface area contributed by atoms with Gasteiger partial charge in [-0.25, -0.2) is 12.7 Å². The van der Waals surface area contributed by atoms with Crippen LogP contribution in [0.25, 0.3) is 0 Å². The van der Waals surface area contributed by atoms with Crippen LogP contribution in [0.5, 0.6) is 0 Å². The molecule has 0 amide bonds. The zero-order valence-electron chi connectivity index (χ0n) is 11.4. The van der Waals surface area contributed by atoms with Crippen LogP contribution < -0.4 is 0 Å². The van der Waals surface area contributed by atoms with Crippen LogP contribution in [0.1, 0.15) is 32.2 Å². The topological polar surface area (TPSA) is 66.1 Å². The van der Waals surface area contributed by atoms with Gasteiger partial charge < -0.3 is 0 Å². The molecule has 0 radical (unpaired) electrons. The summed E-state index contributed by atoms with van der Waals surface area (Å²) in [7, 11) is -1.97. The van der Waals surface area contributed by atoms with Gasteiger partial charge in [-0.3, -0.25) is 5.10 Å². The lowest BCUT2D eigenvalue weighted by atomic mass is 9.97. The van der Waals surface area contributed by atoms with Crippen molar-refractivity contribution < 1.29 is 8.42 Å². The molecule has 1 rings (SSSR count). The highest BCUT2D eigenvalue weighted by molar-refractivity contribution is 7.89. The number of H-pyrrole nitrogens is 1. The van der Waals surface area contributed by atoms with Gasteiger partial charge in [0.15, 0.2) is 0 Å². The number of sulfonamides is 1. The smallest absolute Gasteiger partial charge is 0.246 e. The predicted octanol–water partition coefficient (Wildman–Crippen LogP) is 2.12. The van der Waals surface area contributed by atoms with Crippen LogP contribution in [-0.2, 0) is 15.9 Å². The molecule has 0 saturated carbocycles. The van der Waals surface area contributed by atoms with Gasteiger partial charge in [-0.2, -0.15) is 5.10 Å². The zero-order valence-corrected chi connectivity index (χ0v) is 13.0. The summed E-state index contributed by atoms with van der Waals surface area (Å²) >= 11 is 5.72. The third-order valence-corrected chi connectivity index (χ3v) is 4.71. The van der Waals surface area contributed by atoms with E-state index >= 15 is 0 Å². The number of aromatic nitrogens is 2. The van der Waals surface area contributed by atoms with E-state index in [-0.39, 0.29) is 16.2 Å². The van der Waals surface area contributed by atoms with Gasteiger partial charge in [0, 0.05) is 13.6 Å². The van der Waals surface area contributed by atoms with E-state index in [0.29, 0.717) is 17.9 Å². The molecule has 0 aliphatic carbocycles. The lowest BCUT2D eigenvalue weighted by molar-refractivity contribution is 0.310. The van der Waals surface area contributed by atoms with E-state index in [4.69, 9.17) is 11.6 Å². The average Bonchev–Trinajstić information content (AvgIpc) is 2.57. The SMILES string of the molecule is Cc1[nH]nc(CCl)c1S(=O)(=O)N(C)CC(C)(C)C. The summed E-state index contributed by atoms with van der Waals surface area (Å²) in [5, 5.41) is 6.59. The van der Waals surface area contributed by atoms with E-state index in [2.05, 4.69) is 10.2 Å². The minimum Gasteiger partial charge on any atom is -0.281 e. The number of hydrogen-bond donors (Lipinski definition) is 1. The first-order chi connectivity index (χ1) is 8.09. The summed E-state index contributed by atoms with van der Waals surface area (Å²) < 4.78 is 26.3. The van der Waals surface area contributed by atoms with Crippen molar-refractivity contribution in [3.8, 4) is 0 Å². The van der Waals surface area contributed by atoms with Crippen molar-refractivity contribution in [3.63, 3.8) is 0 Å². The van der Waals surface area contributed by atoms with Crippen molar-refractivity contribution >= 4 is 21.6 Å². The molecule has 0 atom stereocenters. The van der Waals surface area contributed by atoms with Gasteiger partial charge in [0.05, 0.1) is 17.3 Å². The number of rotatable bonds is 4. The first kappa shape index (κ1) is 15.5. The normalized spacial score (nSPS) is 13.3. The van der Waals surface area contributed by atoms with E-state index in [0.717, 1.165) is 0 Å². The molecule has 0 fully saturated rings. The Balaban J connectivity index is 3.17. The van der Waals surface area contributed by atoms with Crippen LogP contribution in [0, 0.1) is 12.3 Å². The summed E-state index contributed by atoms with van der Waals surface area (Å²) in [6.45, 7) is 8.08. The van der Waals surface area contributed by atoms with Gasteiger partial charge in [0.25, 0.3) is 0 Å². The quantitative estimate of drug-likeness (QED) is 0.865. The Morgan fingerprint density at radius 2 is 1.94 bits per heavy atom. The molecule has 5 nitrogen and oxygen atoms in total. The van der Waals surface area contributed by atoms with Gasteiger partial charge >= 0.3 is 0 Å². The molecule has 1 heterocycles. The largest absolute Gasteiger partial charge is 0.281 e. The Morgan fingerprint density at radius 3 is 2.39 bits per heavy atom. The van der Waals surface area contributed by atoms with Gasteiger partial charge in [0.1, 0.15) is 4.90 Å². The van der Waals surface area contributed by atoms with E-state index in [1.807, 2.05) is 20.8 Å². The van der Waals surface area contributed by atoms with Crippen LogP contribution in [0.4, 0.5) is 0 Å². The van der Waals surface area contributed by atoms with E-state index in [1.165, 1.54) is 4.31 Å². The molecule has 0 spiro atoms. The molecule has 0 aliphatic rings. The zero-order chi connectivity index (χ0) is 14.1. The number of alkyl halides is 1. The first-order valence-corrected chi connectivity index (χ1v) is 7.63.